The quantitative estimate of drug-likeness (QED) is 0.549. The van der Waals surface area contributed by atoms with E-state index in [2.05, 4.69) is 15.5 Å². The summed E-state index contributed by atoms with van der Waals surface area (Å²) in [4.78, 5) is 25.1. The number of rotatable bonds is 7. The second-order valence-electron chi connectivity index (χ2n) is 4.66. The number of morpholine rings is 1. The molecule has 0 radical (unpaired) electrons. The van der Waals surface area contributed by atoms with Crippen molar-refractivity contribution >= 4 is 36.6 Å². The van der Waals surface area contributed by atoms with Gasteiger partial charge in [0.05, 0.1) is 19.8 Å². The summed E-state index contributed by atoms with van der Waals surface area (Å²) in [6.07, 6.45) is 0. The van der Waals surface area contributed by atoms with Crippen LogP contribution in [0.4, 0.5) is 0 Å². The van der Waals surface area contributed by atoms with Gasteiger partial charge in [0.15, 0.2) is 0 Å². The molecule has 9 heteroatoms. The fraction of sp³-hybridized carbons (Fsp3) is 0.833. The molecule has 0 spiro atoms. The highest BCUT2D eigenvalue weighted by Crippen LogP contribution is 1.94. The molecule has 0 aromatic rings. The first kappa shape index (κ1) is 22.7. The van der Waals surface area contributed by atoms with Crippen LogP contribution in [0.15, 0.2) is 0 Å². The molecule has 126 valence electrons. The predicted octanol–water partition coefficient (Wildman–Crippen LogP) is -1.01. The highest BCUT2D eigenvalue weighted by atomic mass is 35.5. The van der Waals surface area contributed by atoms with Crippen LogP contribution in [0.2, 0.25) is 0 Å². The molecule has 1 atom stereocenters. The Balaban J connectivity index is 0. The maximum Gasteiger partial charge on any atom is 0.239 e. The van der Waals surface area contributed by atoms with E-state index in [-0.39, 0.29) is 55.6 Å². The van der Waals surface area contributed by atoms with E-state index in [1.165, 1.54) is 0 Å². The largest absolute Gasteiger partial charge is 0.379 e. The zero-order valence-corrected chi connectivity index (χ0v) is 13.9. The van der Waals surface area contributed by atoms with E-state index in [0.29, 0.717) is 6.54 Å². The SMILES string of the molecule is CC(CN)C(=O)NCC(=O)NCCN1CCOCC1.Cl.Cl. The number of halogens is 2. The van der Waals surface area contributed by atoms with Gasteiger partial charge in [-0.25, -0.2) is 0 Å². The van der Waals surface area contributed by atoms with Crippen molar-refractivity contribution < 1.29 is 14.3 Å². The lowest BCUT2D eigenvalue weighted by Crippen LogP contribution is -2.44. The van der Waals surface area contributed by atoms with Crippen molar-refractivity contribution in [1.29, 1.82) is 0 Å². The van der Waals surface area contributed by atoms with Crippen molar-refractivity contribution in [3.63, 3.8) is 0 Å². The molecule has 1 saturated heterocycles. The monoisotopic (exact) mass is 344 g/mol. The summed E-state index contributed by atoms with van der Waals surface area (Å²) in [5.41, 5.74) is 5.37. The summed E-state index contributed by atoms with van der Waals surface area (Å²) in [6.45, 7) is 6.72. The van der Waals surface area contributed by atoms with Gasteiger partial charge in [0.25, 0.3) is 0 Å². The topological polar surface area (TPSA) is 96.7 Å². The fourth-order valence-corrected chi connectivity index (χ4v) is 1.69. The van der Waals surface area contributed by atoms with E-state index < -0.39 is 0 Å². The van der Waals surface area contributed by atoms with E-state index in [9.17, 15) is 9.59 Å². The molecule has 4 N–H and O–H groups in total. The van der Waals surface area contributed by atoms with Gasteiger partial charge in [-0.15, -0.1) is 24.8 Å². The Kier molecular flexibility index (Phi) is 14.1. The number of nitrogens with two attached hydrogens (primary N) is 1. The summed E-state index contributed by atoms with van der Waals surface area (Å²) < 4.78 is 5.24. The second kappa shape index (κ2) is 13.1. The summed E-state index contributed by atoms with van der Waals surface area (Å²) in [5, 5.41) is 5.33. The Hall–Kier alpha value is -0.600. The molecular weight excluding hydrogens is 319 g/mol. The van der Waals surface area contributed by atoms with Crippen LogP contribution >= 0.6 is 24.8 Å². The van der Waals surface area contributed by atoms with Crippen molar-refractivity contribution in [2.75, 3.05) is 52.5 Å². The average molecular weight is 345 g/mol. The third kappa shape index (κ3) is 9.87. The number of hydrogen-bond acceptors (Lipinski definition) is 5. The number of nitrogens with zero attached hydrogens (tertiary/aromatic N) is 1. The number of carbonyl (C=O) groups is 2. The lowest BCUT2D eigenvalue weighted by Gasteiger charge is -2.26. The van der Waals surface area contributed by atoms with Crippen molar-refractivity contribution in [3.8, 4) is 0 Å². The van der Waals surface area contributed by atoms with Gasteiger partial charge >= 0.3 is 0 Å². The standard InChI is InChI=1S/C12H24N4O3.2ClH/c1-10(8-13)12(18)15-9-11(17)14-2-3-16-4-6-19-7-5-16;;/h10H,2-9,13H2,1H3,(H,14,17)(H,15,18);2*1H. The normalized spacial score (nSPS) is 16.1. The Morgan fingerprint density at radius 2 is 1.86 bits per heavy atom. The first-order chi connectivity index (χ1) is 9.13. The highest BCUT2D eigenvalue weighted by Gasteiger charge is 2.12. The van der Waals surface area contributed by atoms with Gasteiger partial charge in [-0.2, -0.15) is 0 Å². The second-order valence-corrected chi connectivity index (χ2v) is 4.66. The van der Waals surface area contributed by atoms with Crippen molar-refractivity contribution in [3.05, 3.63) is 0 Å². The molecule has 1 rings (SSSR count). The minimum Gasteiger partial charge on any atom is -0.379 e. The molecule has 1 aliphatic rings. The summed E-state index contributed by atoms with van der Waals surface area (Å²) in [6, 6.07) is 0. The molecule has 1 fully saturated rings. The van der Waals surface area contributed by atoms with Crippen molar-refractivity contribution in [1.82, 2.24) is 15.5 Å². The van der Waals surface area contributed by atoms with Crippen LogP contribution in [0.5, 0.6) is 0 Å². The zero-order chi connectivity index (χ0) is 14.1. The molecule has 0 aromatic heterocycles. The van der Waals surface area contributed by atoms with Crippen LogP contribution < -0.4 is 16.4 Å². The zero-order valence-electron chi connectivity index (χ0n) is 12.3. The number of nitrogens with one attached hydrogen (secondary N) is 2. The minimum atomic E-state index is -0.263. The summed E-state index contributed by atoms with van der Waals surface area (Å²) in [5.74, 6) is -0.627. The molecule has 0 aliphatic carbocycles. The van der Waals surface area contributed by atoms with Gasteiger partial charge in [-0.05, 0) is 0 Å². The third-order valence-corrected chi connectivity index (χ3v) is 3.08. The first-order valence-electron chi connectivity index (χ1n) is 6.68. The first-order valence-corrected chi connectivity index (χ1v) is 6.68. The maximum absolute atomic E-state index is 11.5. The molecule has 1 heterocycles. The van der Waals surface area contributed by atoms with Gasteiger partial charge < -0.3 is 21.1 Å². The number of amides is 2. The number of ether oxygens (including phenoxy) is 1. The van der Waals surface area contributed by atoms with Crippen LogP contribution in [0, 0.1) is 5.92 Å². The summed E-state index contributed by atoms with van der Waals surface area (Å²) >= 11 is 0. The van der Waals surface area contributed by atoms with Gasteiger partial charge in [0, 0.05) is 38.6 Å². The van der Waals surface area contributed by atoms with E-state index in [1.807, 2.05) is 0 Å². The average Bonchev–Trinajstić information content (AvgIpc) is 2.45. The van der Waals surface area contributed by atoms with Crippen molar-refractivity contribution in [2.24, 2.45) is 11.7 Å². The molecule has 2 amide bonds. The Morgan fingerprint density at radius 1 is 1.24 bits per heavy atom. The maximum atomic E-state index is 11.5. The Labute approximate surface area is 138 Å². The van der Waals surface area contributed by atoms with Crippen LogP contribution in [0.3, 0.4) is 0 Å². The minimum absolute atomic E-state index is 0. The van der Waals surface area contributed by atoms with Crippen LogP contribution in [-0.2, 0) is 14.3 Å². The van der Waals surface area contributed by atoms with Gasteiger partial charge in [-0.3, -0.25) is 14.5 Å². The van der Waals surface area contributed by atoms with E-state index >= 15 is 0 Å². The molecule has 7 nitrogen and oxygen atoms in total. The number of carbonyl (C=O) groups excluding carboxylic acids is 2. The lowest BCUT2D eigenvalue weighted by molar-refractivity contribution is -0.128. The smallest absolute Gasteiger partial charge is 0.239 e. The van der Waals surface area contributed by atoms with Crippen LogP contribution in [-0.4, -0.2) is 69.2 Å². The molecule has 0 bridgehead atoms. The van der Waals surface area contributed by atoms with Gasteiger partial charge in [-0.1, -0.05) is 6.92 Å². The van der Waals surface area contributed by atoms with E-state index in [0.717, 1.165) is 32.8 Å². The van der Waals surface area contributed by atoms with E-state index in [4.69, 9.17) is 10.5 Å². The Morgan fingerprint density at radius 3 is 2.43 bits per heavy atom. The number of hydrogen-bond donors (Lipinski definition) is 3. The van der Waals surface area contributed by atoms with Gasteiger partial charge in [0.1, 0.15) is 0 Å². The van der Waals surface area contributed by atoms with Crippen LogP contribution in [0.1, 0.15) is 6.92 Å². The fourth-order valence-electron chi connectivity index (χ4n) is 1.69. The molecule has 0 aromatic carbocycles. The molecule has 1 unspecified atom stereocenters. The van der Waals surface area contributed by atoms with E-state index in [1.54, 1.807) is 6.92 Å². The molecular formula is C12H26Cl2N4O3. The third-order valence-electron chi connectivity index (χ3n) is 3.08. The van der Waals surface area contributed by atoms with Crippen molar-refractivity contribution in [2.45, 2.75) is 6.92 Å². The van der Waals surface area contributed by atoms with Crippen LogP contribution in [0.25, 0.3) is 0 Å². The molecule has 0 saturated carbocycles. The molecule has 1 aliphatic heterocycles. The summed E-state index contributed by atoms with van der Waals surface area (Å²) in [7, 11) is 0. The Bertz CT molecular complexity index is 302. The predicted molar refractivity (Wildman–Crippen MR) is 86.0 cm³/mol. The lowest BCUT2D eigenvalue weighted by atomic mass is 10.2. The highest BCUT2D eigenvalue weighted by molar-refractivity contribution is 5.86. The van der Waals surface area contributed by atoms with Gasteiger partial charge in [0.2, 0.25) is 11.8 Å². The molecule has 21 heavy (non-hydrogen) atoms.